The first-order valence-electron chi connectivity index (χ1n) is 7.13. The quantitative estimate of drug-likeness (QED) is 0.703. The topological polar surface area (TPSA) is 107 Å². The van der Waals surface area contributed by atoms with Gasteiger partial charge in [-0.2, -0.15) is 0 Å². The molecule has 0 saturated heterocycles. The fourth-order valence-corrected chi connectivity index (χ4v) is 2.37. The summed E-state index contributed by atoms with van der Waals surface area (Å²) >= 11 is 6.09. The van der Waals surface area contributed by atoms with Gasteiger partial charge in [0.15, 0.2) is 0 Å². The van der Waals surface area contributed by atoms with Crippen LogP contribution >= 0.6 is 11.6 Å². The van der Waals surface area contributed by atoms with Crippen LogP contribution in [0.15, 0.2) is 24.3 Å². The molecule has 1 saturated carbocycles. The standard InChI is InChI=1S/C15H17ClN2O5/c16-11-4-2-1-3-9(11)8-18(10-5-6-10)15(23)17-12(14(21)22)7-13(19)20/h1-4,10,12H,5-8H2,(H,17,23)(H,19,20)(H,21,22)/t12-/m1/s1. The number of amides is 2. The lowest BCUT2D eigenvalue weighted by Crippen LogP contribution is -2.49. The summed E-state index contributed by atoms with van der Waals surface area (Å²) < 4.78 is 0. The molecular formula is C15H17ClN2O5. The second kappa shape index (κ2) is 7.32. The summed E-state index contributed by atoms with van der Waals surface area (Å²) in [6.45, 7) is 0.246. The van der Waals surface area contributed by atoms with Crippen molar-refractivity contribution in [2.45, 2.75) is 37.9 Å². The highest BCUT2D eigenvalue weighted by Crippen LogP contribution is 2.29. The van der Waals surface area contributed by atoms with Gasteiger partial charge in [0.05, 0.1) is 6.42 Å². The average Bonchev–Trinajstić information content (AvgIpc) is 3.29. The van der Waals surface area contributed by atoms with Crippen LogP contribution in [0.1, 0.15) is 24.8 Å². The lowest BCUT2D eigenvalue weighted by molar-refractivity contribution is -0.145. The molecule has 3 N–H and O–H groups in total. The summed E-state index contributed by atoms with van der Waals surface area (Å²) in [5.74, 6) is -2.67. The van der Waals surface area contributed by atoms with E-state index in [1.54, 1.807) is 24.3 Å². The Hall–Kier alpha value is -2.28. The Morgan fingerprint density at radius 3 is 2.43 bits per heavy atom. The Morgan fingerprint density at radius 2 is 1.91 bits per heavy atom. The van der Waals surface area contributed by atoms with Crippen LogP contribution in [0.4, 0.5) is 4.79 Å². The number of rotatable bonds is 7. The molecule has 124 valence electrons. The molecule has 1 aromatic rings. The van der Waals surface area contributed by atoms with Crippen molar-refractivity contribution < 1.29 is 24.6 Å². The summed E-state index contributed by atoms with van der Waals surface area (Å²) in [5, 5.41) is 20.5. The number of nitrogens with one attached hydrogen (secondary N) is 1. The Labute approximate surface area is 137 Å². The van der Waals surface area contributed by atoms with Gasteiger partial charge in [-0.15, -0.1) is 0 Å². The third-order valence-electron chi connectivity index (χ3n) is 3.52. The summed E-state index contributed by atoms with van der Waals surface area (Å²) in [7, 11) is 0. The monoisotopic (exact) mass is 340 g/mol. The van der Waals surface area contributed by atoms with Crippen LogP contribution < -0.4 is 5.32 Å². The zero-order valence-electron chi connectivity index (χ0n) is 12.2. The van der Waals surface area contributed by atoms with Gasteiger partial charge in [-0.25, -0.2) is 9.59 Å². The number of carboxylic acids is 2. The Kier molecular flexibility index (Phi) is 5.44. The lowest BCUT2D eigenvalue weighted by Gasteiger charge is -2.25. The van der Waals surface area contributed by atoms with E-state index < -0.39 is 30.4 Å². The number of hydrogen-bond acceptors (Lipinski definition) is 3. The largest absolute Gasteiger partial charge is 0.481 e. The highest BCUT2D eigenvalue weighted by atomic mass is 35.5. The number of urea groups is 1. The molecule has 0 bridgehead atoms. The van der Waals surface area contributed by atoms with Crippen molar-refractivity contribution in [1.29, 1.82) is 0 Å². The number of carboxylic acid groups (broad SMARTS) is 2. The van der Waals surface area contributed by atoms with Crippen molar-refractivity contribution >= 4 is 29.6 Å². The van der Waals surface area contributed by atoms with Gasteiger partial charge in [-0.05, 0) is 24.5 Å². The SMILES string of the molecule is O=C(O)C[C@@H](NC(=O)N(Cc1ccccc1Cl)C1CC1)C(=O)O. The highest BCUT2D eigenvalue weighted by molar-refractivity contribution is 6.31. The fraction of sp³-hybridized carbons (Fsp3) is 0.400. The van der Waals surface area contributed by atoms with E-state index in [-0.39, 0.29) is 12.6 Å². The molecule has 0 radical (unpaired) electrons. The molecule has 0 unspecified atom stereocenters. The molecule has 0 spiro atoms. The number of hydrogen-bond donors (Lipinski definition) is 3. The fourth-order valence-electron chi connectivity index (χ4n) is 2.17. The molecule has 1 aromatic carbocycles. The smallest absolute Gasteiger partial charge is 0.326 e. The predicted molar refractivity (Wildman–Crippen MR) is 82.2 cm³/mol. The molecule has 1 fully saturated rings. The van der Waals surface area contributed by atoms with Crippen molar-refractivity contribution in [1.82, 2.24) is 10.2 Å². The molecule has 7 nitrogen and oxygen atoms in total. The summed E-state index contributed by atoms with van der Waals surface area (Å²) in [6.07, 6.45) is 0.981. The van der Waals surface area contributed by atoms with Gasteiger partial charge >= 0.3 is 18.0 Å². The predicted octanol–water partition coefficient (Wildman–Crippen LogP) is 1.94. The second-order valence-corrected chi connectivity index (χ2v) is 5.80. The van der Waals surface area contributed by atoms with E-state index >= 15 is 0 Å². The third kappa shape index (κ3) is 4.85. The molecule has 23 heavy (non-hydrogen) atoms. The van der Waals surface area contributed by atoms with E-state index in [0.29, 0.717) is 5.02 Å². The average molecular weight is 341 g/mol. The van der Waals surface area contributed by atoms with Crippen LogP contribution in [0.3, 0.4) is 0 Å². The minimum Gasteiger partial charge on any atom is -0.481 e. The van der Waals surface area contributed by atoms with Gasteiger partial charge in [0.2, 0.25) is 0 Å². The van der Waals surface area contributed by atoms with Gasteiger partial charge in [-0.1, -0.05) is 29.8 Å². The zero-order valence-corrected chi connectivity index (χ0v) is 13.0. The molecule has 0 heterocycles. The summed E-state index contributed by atoms with van der Waals surface area (Å²) in [5.41, 5.74) is 0.751. The first kappa shape index (κ1) is 17.1. The first-order valence-corrected chi connectivity index (χ1v) is 7.51. The number of carbonyl (C=O) groups excluding carboxylic acids is 1. The van der Waals surface area contributed by atoms with Crippen LogP contribution in [-0.2, 0) is 16.1 Å². The van der Waals surface area contributed by atoms with E-state index in [2.05, 4.69) is 5.32 Å². The molecule has 2 amide bonds. The molecule has 1 aliphatic rings. The normalized spacial score (nSPS) is 14.8. The number of benzene rings is 1. The summed E-state index contributed by atoms with van der Waals surface area (Å²) in [6, 6.07) is 5.04. The summed E-state index contributed by atoms with van der Waals surface area (Å²) in [4.78, 5) is 35.6. The number of halogens is 1. The number of carbonyl (C=O) groups is 3. The molecule has 0 aromatic heterocycles. The van der Waals surface area contributed by atoms with E-state index in [1.165, 1.54) is 4.90 Å². The van der Waals surface area contributed by atoms with E-state index in [9.17, 15) is 14.4 Å². The zero-order chi connectivity index (χ0) is 17.0. The van der Waals surface area contributed by atoms with Crippen molar-refractivity contribution in [2.24, 2.45) is 0 Å². The second-order valence-electron chi connectivity index (χ2n) is 5.39. The third-order valence-corrected chi connectivity index (χ3v) is 3.89. The highest BCUT2D eigenvalue weighted by Gasteiger charge is 2.35. The van der Waals surface area contributed by atoms with Crippen molar-refractivity contribution in [3.63, 3.8) is 0 Å². The van der Waals surface area contributed by atoms with Crippen LogP contribution in [-0.4, -0.2) is 45.2 Å². The van der Waals surface area contributed by atoms with Gasteiger partial charge < -0.3 is 20.4 Å². The van der Waals surface area contributed by atoms with Gasteiger partial charge in [0.25, 0.3) is 0 Å². The van der Waals surface area contributed by atoms with E-state index in [0.717, 1.165) is 18.4 Å². The van der Waals surface area contributed by atoms with Crippen molar-refractivity contribution in [2.75, 3.05) is 0 Å². The van der Waals surface area contributed by atoms with Crippen LogP contribution in [0.25, 0.3) is 0 Å². The molecule has 0 aliphatic heterocycles. The van der Waals surface area contributed by atoms with Crippen molar-refractivity contribution in [3.05, 3.63) is 34.9 Å². The molecule has 8 heteroatoms. The Balaban J connectivity index is 2.08. The Morgan fingerprint density at radius 1 is 1.26 bits per heavy atom. The Bertz CT molecular complexity index is 618. The van der Waals surface area contributed by atoms with Gasteiger partial charge in [-0.3, -0.25) is 4.79 Å². The van der Waals surface area contributed by atoms with Crippen molar-refractivity contribution in [3.8, 4) is 0 Å². The van der Waals surface area contributed by atoms with Crippen LogP contribution in [0.2, 0.25) is 5.02 Å². The first-order chi connectivity index (χ1) is 10.9. The number of aliphatic carboxylic acids is 2. The molecule has 1 aliphatic carbocycles. The number of nitrogens with zero attached hydrogens (tertiary/aromatic N) is 1. The maximum Gasteiger partial charge on any atom is 0.326 e. The maximum atomic E-state index is 12.4. The van der Waals surface area contributed by atoms with E-state index in [1.807, 2.05) is 0 Å². The van der Waals surface area contributed by atoms with Gasteiger partial charge in [0.1, 0.15) is 6.04 Å². The minimum atomic E-state index is -1.47. The van der Waals surface area contributed by atoms with Gasteiger partial charge in [0, 0.05) is 17.6 Å². The van der Waals surface area contributed by atoms with Crippen LogP contribution in [0.5, 0.6) is 0 Å². The van der Waals surface area contributed by atoms with Crippen LogP contribution in [0, 0.1) is 0 Å². The lowest BCUT2D eigenvalue weighted by atomic mass is 10.2. The molecular weight excluding hydrogens is 324 g/mol. The molecule has 2 rings (SSSR count). The van der Waals surface area contributed by atoms with E-state index in [4.69, 9.17) is 21.8 Å². The minimum absolute atomic E-state index is 0.0190. The molecule has 1 atom stereocenters. The maximum absolute atomic E-state index is 12.4.